The largest absolute Gasteiger partial charge is 0.338 e. The maximum atomic E-state index is 12.7. The zero-order valence-electron chi connectivity index (χ0n) is 11.1. The number of alkyl halides is 1. The van der Waals surface area contributed by atoms with E-state index in [2.05, 4.69) is 4.90 Å². The summed E-state index contributed by atoms with van der Waals surface area (Å²) in [5, 5.41) is 0. The van der Waals surface area contributed by atoms with E-state index in [1.54, 1.807) is 0 Å². The second kappa shape index (κ2) is 5.40. The first-order chi connectivity index (χ1) is 8.83. The lowest BCUT2D eigenvalue weighted by Gasteiger charge is -2.28. The summed E-state index contributed by atoms with van der Waals surface area (Å²) in [6.07, 6.45) is 10.2. The van der Waals surface area contributed by atoms with E-state index in [0.717, 1.165) is 18.4 Å². The van der Waals surface area contributed by atoms with E-state index in [9.17, 15) is 4.79 Å². The number of carbonyl (C=O) groups excluding carboxylic acids is 1. The average molecular weight is 270 g/mol. The lowest BCUT2D eigenvalue weighted by molar-refractivity contribution is -0.135. The lowest BCUT2D eigenvalue weighted by Crippen LogP contribution is -2.41. The summed E-state index contributed by atoms with van der Waals surface area (Å²) in [6, 6.07) is 0.499. The van der Waals surface area contributed by atoms with Crippen LogP contribution >= 0.6 is 11.6 Å². The highest BCUT2D eigenvalue weighted by molar-refractivity contribution is 6.18. The molecule has 18 heavy (non-hydrogen) atoms. The van der Waals surface area contributed by atoms with Gasteiger partial charge < -0.3 is 4.90 Å². The van der Waals surface area contributed by atoms with Crippen LogP contribution in [0.25, 0.3) is 0 Å². The Labute approximate surface area is 115 Å². The van der Waals surface area contributed by atoms with Crippen molar-refractivity contribution in [2.75, 3.05) is 12.4 Å². The molecule has 3 heteroatoms. The van der Waals surface area contributed by atoms with Gasteiger partial charge in [-0.2, -0.15) is 0 Å². The molecule has 0 saturated heterocycles. The van der Waals surface area contributed by atoms with E-state index >= 15 is 0 Å². The fraction of sp³-hybridized carbons (Fsp3) is 0.933. The quantitative estimate of drug-likeness (QED) is 0.716. The van der Waals surface area contributed by atoms with Gasteiger partial charge in [0.05, 0.1) is 0 Å². The number of halogens is 1. The number of fused-ring (bicyclic) bond motifs is 1. The summed E-state index contributed by atoms with van der Waals surface area (Å²) < 4.78 is 0. The number of nitrogens with zero attached hydrogens (tertiary/aromatic N) is 1. The van der Waals surface area contributed by atoms with E-state index in [0.29, 0.717) is 23.7 Å². The van der Waals surface area contributed by atoms with Crippen molar-refractivity contribution in [1.29, 1.82) is 0 Å². The van der Waals surface area contributed by atoms with E-state index < -0.39 is 0 Å². The van der Waals surface area contributed by atoms with Gasteiger partial charge >= 0.3 is 0 Å². The minimum atomic E-state index is 0.372. The average Bonchev–Trinajstić information content (AvgIpc) is 2.87. The standard InChI is InChI=1S/C15H24ClNO/c16-9-10-17(11-5-1-2-6-11)15(18)14-12-7-3-4-8-13(12)14/h11-14H,1-10H2. The second-order valence-electron chi connectivity index (χ2n) is 6.30. The number of carbonyl (C=O) groups is 1. The van der Waals surface area contributed by atoms with E-state index in [-0.39, 0.29) is 0 Å². The Kier molecular flexibility index (Phi) is 3.83. The van der Waals surface area contributed by atoms with E-state index in [1.165, 1.54) is 51.4 Å². The minimum Gasteiger partial charge on any atom is -0.338 e. The van der Waals surface area contributed by atoms with Crippen LogP contribution in [0.15, 0.2) is 0 Å². The molecule has 0 aromatic heterocycles. The lowest BCUT2D eigenvalue weighted by atomic mass is 10.0. The maximum Gasteiger partial charge on any atom is 0.226 e. The molecule has 3 aliphatic carbocycles. The molecule has 1 amide bonds. The first-order valence-electron chi connectivity index (χ1n) is 7.69. The van der Waals surface area contributed by atoms with Gasteiger partial charge in [0.1, 0.15) is 0 Å². The summed E-state index contributed by atoms with van der Waals surface area (Å²) in [7, 11) is 0. The summed E-state index contributed by atoms with van der Waals surface area (Å²) in [4.78, 5) is 14.9. The van der Waals surface area contributed by atoms with Gasteiger partial charge in [0.2, 0.25) is 5.91 Å². The molecule has 2 nitrogen and oxygen atoms in total. The Morgan fingerprint density at radius 3 is 2.11 bits per heavy atom. The molecule has 0 radical (unpaired) electrons. The Balaban J connectivity index is 1.64. The highest BCUT2D eigenvalue weighted by Crippen LogP contribution is 2.56. The van der Waals surface area contributed by atoms with Crippen molar-refractivity contribution < 1.29 is 4.79 Å². The number of hydrogen-bond donors (Lipinski definition) is 0. The van der Waals surface area contributed by atoms with Crippen molar-refractivity contribution in [1.82, 2.24) is 4.90 Å². The molecule has 3 saturated carbocycles. The molecule has 2 atom stereocenters. The summed E-state index contributed by atoms with van der Waals surface area (Å²) in [5.41, 5.74) is 0. The van der Waals surface area contributed by atoms with Crippen molar-refractivity contribution in [2.45, 2.75) is 57.4 Å². The first kappa shape index (κ1) is 12.8. The van der Waals surface area contributed by atoms with Gasteiger partial charge in [0.15, 0.2) is 0 Å². The molecule has 0 aromatic rings. The van der Waals surface area contributed by atoms with Crippen molar-refractivity contribution >= 4 is 17.5 Å². The van der Waals surface area contributed by atoms with Gasteiger partial charge in [-0.3, -0.25) is 4.79 Å². The highest BCUT2D eigenvalue weighted by atomic mass is 35.5. The monoisotopic (exact) mass is 269 g/mol. The smallest absolute Gasteiger partial charge is 0.226 e. The van der Waals surface area contributed by atoms with Crippen LogP contribution in [-0.4, -0.2) is 29.3 Å². The molecule has 0 N–H and O–H groups in total. The number of hydrogen-bond acceptors (Lipinski definition) is 1. The first-order valence-corrected chi connectivity index (χ1v) is 8.23. The third-order valence-corrected chi connectivity index (χ3v) is 5.48. The van der Waals surface area contributed by atoms with Gasteiger partial charge in [0, 0.05) is 24.4 Å². The third-order valence-electron chi connectivity index (χ3n) is 5.32. The molecule has 3 rings (SSSR count). The van der Waals surface area contributed by atoms with Crippen LogP contribution < -0.4 is 0 Å². The molecule has 102 valence electrons. The van der Waals surface area contributed by atoms with Crippen LogP contribution in [-0.2, 0) is 4.79 Å². The number of amides is 1. The molecule has 2 unspecified atom stereocenters. The maximum absolute atomic E-state index is 12.7. The van der Waals surface area contributed by atoms with Gasteiger partial charge in [-0.25, -0.2) is 0 Å². The molecule has 0 heterocycles. The SMILES string of the molecule is O=C(C1C2CCCCC21)N(CCCl)C1CCCC1. The van der Waals surface area contributed by atoms with E-state index in [4.69, 9.17) is 11.6 Å². The van der Waals surface area contributed by atoms with E-state index in [1.807, 2.05) is 0 Å². The van der Waals surface area contributed by atoms with Crippen LogP contribution in [0.2, 0.25) is 0 Å². The van der Waals surface area contributed by atoms with Gasteiger partial charge in [-0.05, 0) is 37.5 Å². The summed E-state index contributed by atoms with van der Waals surface area (Å²) in [6.45, 7) is 0.765. The Morgan fingerprint density at radius 2 is 1.56 bits per heavy atom. The summed E-state index contributed by atoms with van der Waals surface area (Å²) in [5.74, 6) is 2.86. The van der Waals surface area contributed by atoms with Gasteiger partial charge in [-0.1, -0.05) is 25.7 Å². The fourth-order valence-electron chi connectivity index (χ4n) is 4.33. The fourth-order valence-corrected chi connectivity index (χ4v) is 4.51. The van der Waals surface area contributed by atoms with Crippen molar-refractivity contribution in [3.05, 3.63) is 0 Å². The van der Waals surface area contributed by atoms with Gasteiger partial charge in [-0.15, -0.1) is 11.6 Å². The topological polar surface area (TPSA) is 20.3 Å². The highest BCUT2D eigenvalue weighted by Gasteiger charge is 2.56. The van der Waals surface area contributed by atoms with Crippen LogP contribution in [0.3, 0.4) is 0 Å². The molecular formula is C15H24ClNO. The summed E-state index contributed by atoms with van der Waals surface area (Å²) >= 11 is 5.90. The molecule has 0 aliphatic heterocycles. The van der Waals surface area contributed by atoms with Crippen LogP contribution in [0.4, 0.5) is 0 Å². The predicted molar refractivity (Wildman–Crippen MR) is 73.6 cm³/mol. The van der Waals surface area contributed by atoms with Crippen LogP contribution in [0, 0.1) is 17.8 Å². The molecule has 0 bridgehead atoms. The molecular weight excluding hydrogens is 246 g/mol. The Bertz CT molecular complexity index is 302. The number of rotatable bonds is 4. The van der Waals surface area contributed by atoms with Crippen molar-refractivity contribution in [3.63, 3.8) is 0 Å². The normalized spacial score (nSPS) is 35.3. The van der Waals surface area contributed by atoms with Crippen molar-refractivity contribution in [2.24, 2.45) is 17.8 Å². The zero-order valence-corrected chi connectivity index (χ0v) is 11.9. The second-order valence-corrected chi connectivity index (χ2v) is 6.67. The van der Waals surface area contributed by atoms with Crippen LogP contribution in [0.5, 0.6) is 0 Å². The van der Waals surface area contributed by atoms with Crippen molar-refractivity contribution in [3.8, 4) is 0 Å². The molecule has 0 spiro atoms. The predicted octanol–water partition coefficient (Wildman–Crippen LogP) is 3.43. The zero-order chi connectivity index (χ0) is 12.5. The molecule has 3 fully saturated rings. The van der Waals surface area contributed by atoms with Gasteiger partial charge in [0.25, 0.3) is 0 Å². The third kappa shape index (κ3) is 2.29. The Hall–Kier alpha value is -0.240. The minimum absolute atomic E-state index is 0.372. The Morgan fingerprint density at radius 1 is 1.00 bits per heavy atom. The molecule has 0 aromatic carbocycles. The van der Waals surface area contributed by atoms with Crippen LogP contribution in [0.1, 0.15) is 51.4 Å². The molecule has 3 aliphatic rings.